The summed E-state index contributed by atoms with van der Waals surface area (Å²) in [5, 5.41) is 0. The van der Waals surface area contributed by atoms with Crippen molar-refractivity contribution in [3.8, 4) is 0 Å². The van der Waals surface area contributed by atoms with Crippen molar-refractivity contribution in [1.29, 1.82) is 0 Å². The van der Waals surface area contributed by atoms with Crippen LogP contribution in [0.3, 0.4) is 0 Å². The average Bonchev–Trinajstić information content (AvgIpc) is 2.47. The summed E-state index contributed by atoms with van der Waals surface area (Å²) < 4.78 is 0. The molecule has 1 aromatic rings. The SMILES string of the molecule is CC(C)C1CCN(CC(C)(C)C(=O)c2ccccc2)CC1. The second-order valence-corrected chi connectivity index (χ2v) is 7.44. The molecular weight excluding hydrogens is 258 g/mol. The van der Waals surface area contributed by atoms with Gasteiger partial charge < -0.3 is 4.90 Å². The van der Waals surface area contributed by atoms with E-state index in [1.807, 2.05) is 30.3 Å². The topological polar surface area (TPSA) is 20.3 Å². The van der Waals surface area contributed by atoms with Crippen molar-refractivity contribution in [2.45, 2.75) is 40.5 Å². The minimum Gasteiger partial charge on any atom is -0.302 e. The molecule has 0 unspecified atom stereocenters. The zero-order valence-electron chi connectivity index (χ0n) is 13.9. The van der Waals surface area contributed by atoms with Crippen molar-refractivity contribution in [3.63, 3.8) is 0 Å². The molecule has 1 heterocycles. The number of carbonyl (C=O) groups excluding carboxylic acids is 1. The Balaban J connectivity index is 1.94. The average molecular weight is 287 g/mol. The number of ketones is 1. The molecule has 1 aliphatic heterocycles. The molecule has 21 heavy (non-hydrogen) atoms. The van der Waals surface area contributed by atoms with E-state index in [0.717, 1.165) is 37.0 Å². The Morgan fingerprint density at radius 1 is 1.19 bits per heavy atom. The number of hydrogen-bond acceptors (Lipinski definition) is 2. The van der Waals surface area contributed by atoms with E-state index in [1.165, 1.54) is 12.8 Å². The summed E-state index contributed by atoms with van der Waals surface area (Å²) in [7, 11) is 0. The van der Waals surface area contributed by atoms with Crippen LogP contribution in [0.15, 0.2) is 30.3 Å². The van der Waals surface area contributed by atoms with Gasteiger partial charge in [-0.25, -0.2) is 0 Å². The van der Waals surface area contributed by atoms with Gasteiger partial charge in [-0.3, -0.25) is 4.79 Å². The van der Waals surface area contributed by atoms with Gasteiger partial charge in [0.05, 0.1) is 0 Å². The number of carbonyl (C=O) groups is 1. The number of benzene rings is 1. The van der Waals surface area contributed by atoms with Gasteiger partial charge in [0.1, 0.15) is 0 Å². The van der Waals surface area contributed by atoms with E-state index >= 15 is 0 Å². The normalized spacial score (nSPS) is 18.1. The van der Waals surface area contributed by atoms with E-state index in [4.69, 9.17) is 0 Å². The molecule has 1 fully saturated rings. The molecule has 0 saturated carbocycles. The third kappa shape index (κ3) is 4.16. The highest BCUT2D eigenvalue weighted by molar-refractivity contribution is 6.00. The van der Waals surface area contributed by atoms with Gasteiger partial charge in [0, 0.05) is 17.5 Å². The summed E-state index contributed by atoms with van der Waals surface area (Å²) in [4.78, 5) is 15.2. The van der Waals surface area contributed by atoms with Gasteiger partial charge in [-0.05, 0) is 37.8 Å². The molecule has 0 bridgehead atoms. The Morgan fingerprint density at radius 3 is 2.29 bits per heavy atom. The molecule has 1 saturated heterocycles. The zero-order valence-corrected chi connectivity index (χ0v) is 13.9. The lowest BCUT2D eigenvalue weighted by molar-refractivity contribution is 0.0700. The number of Topliss-reactive ketones (excluding diaryl/α,β-unsaturated/α-hetero) is 1. The highest BCUT2D eigenvalue weighted by Gasteiger charge is 2.32. The molecule has 0 aromatic heterocycles. The van der Waals surface area contributed by atoms with E-state index in [2.05, 4.69) is 32.6 Å². The fourth-order valence-corrected chi connectivity index (χ4v) is 3.39. The molecule has 2 rings (SSSR count). The van der Waals surface area contributed by atoms with E-state index in [1.54, 1.807) is 0 Å². The minimum absolute atomic E-state index is 0.258. The Morgan fingerprint density at radius 2 is 1.76 bits per heavy atom. The molecule has 1 aromatic carbocycles. The van der Waals surface area contributed by atoms with Gasteiger partial charge in [-0.15, -0.1) is 0 Å². The first-order chi connectivity index (χ1) is 9.90. The van der Waals surface area contributed by atoms with Crippen LogP contribution < -0.4 is 0 Å². The van der Waals surface area contributed by atoms with Gasteiger partial charge in [-0.2, -0.15) is 0 Å². The standard InChI is InChI=1S/C19H29NO/c1-15(2)16-10-12-20(13-11-16)14-19(3,4)18(21)17-8-6-5-7-9-17/h5-9,15-16H,10-14H2,1-4H3. The monoisotopic (exact) mass is 287 g/mol. The van der Waals surface area contributed by atoms with Gasteiger partial charge >= 0.3 is 0 Å². The smallest absolute Gasteiger partial charge is 0.169 e. The Kier molecular flexibility index (Phi) is 5.21. The number of likely N-dealkylation sites (tertiary alicyclic amines) is 1. The van der Waals surface area contributed by atoms with Crippen molar-refractivity contribution in [2.24, 2.45) is 17.3 Å². The summed E-state index contributed by atoms with van der Waals surface area (Å²) in [5.74, 6) is 1.90. The Hall–Kier alpha value is -1.15. The van der Waals surface area contributed by atoms with Crippen LogP contribution in [-0.4, -0.2) is 30.3 Å². The molecular formula is C19H29NO. The highest BCUT2D eigenvalue weighted by Crippen LogP contribution is 2.28. The molecule has 0 N–H and O–H groups in total. The fraction of sp³-hybridized carbons (Fsp3) is 0.632. The van der Waals surface area contributed by atoms with Crippen molar-refractivity contribution >= 4 is 5.78 Å². The first kappa shape index (κ1) is 16.2. The molecule has 0 aliphatic carbocycles. The van der Waals surface area contributed by atoms with E-state index in [-0.39, 0.29) is 11.2 Å². The van der Waals surface area contributed by atoms with E-state index in [0.29, 0.717) is 0 Å². The van der Waals surface area contributed by atoms with Crippen molar-refractivity contribution < 1.29 is 4.79 Å². The second kappa shape index (κ2) is 6.74. The van der Waals surface area contributed by atoms with Crippen LogP contribution in [0, 0.1) is 17.3 Å². The largest absolute Gasteiger partial charge is 0.302 e. The summed E-state index contributed by atoms with van der Waals surface area (Å²) in [5.41, 5.74) is 0.519. The van der Waals surface area contributed by atoms with Crippen molar-refractivity contribution in [2.75, 3.05) is 19.6 Å². The molecule has 2 nitrogen and oxygen atoms in total. The summed E-state index contributed by atoms with van der Waals surface area (Å²) in [6.45, 7) is 11.9. The third-order valence-corrected chi connectivity index (χ3v) is 4.84. The molecule has 116 valence electrons. The summed E-state index contributed by atoms with van der Waals surface area (Å²) in [6, 6.07) is 9.69. The Bertz CT molecular complexity index is 456. The number of piperidine rings is 1. The molecule has 0 spiro atoms. The lowest BCUT2D eigenvalue weighted by Crippen LogP contribution is -2.43. The summed E-state index contributed by atoms with van der Waals surface area (Å²) in [6.07, 6.45) is 2.54. The maximum Gasteiger partial charge on any atom is 0.169 e. The first-order valence-corrected chi connectivity index (χ1v) is 8.22. The number of nitrogens with zero attached hydrogens (tertiary/aromatic N) is 1. The van der Waals surface area contributed by atoms with Crippen LogP contribution in [0.2, 0.25) is 0 Å². The second-order valence-electron chi connectivity index (χ2n) is 7.44. The van der Waals surface area contributed by atoms with Gasteiger partial charge in [0.15, 0.2) is 5.78 Å². The molecule has 1 aliphatic rings. The van der Waals surface area contributed by atoms with Crippen LogP contribution in [0.25, 0.3) is 0 Å². The predicted molar refractivity (Wildman–Crippen MR) is 88.6 cm³/mol. The molecule has 0 atom stereocenters. The number of rotatable bonds is 5. The molecule has 0 amide bonds. The number of hydrogen-bond donors (Lipinski definition) is 0. The predicted octanol–water partition coefficient (Wildman–Crippen LogP) is 4.26. The van der Waals surface area contributed by atoms with Gasteiger partial charge in [-0.1, -0.05) is 58.0 Å². The fourth-order valence-electron chi connectivity index (χ4n) is 3.39. The first-order valence-electron chi connectivity index (χ1n) is 8.22. The summed E-state index contributed by atoms with van der Waals surface area (Å²) >= 11 is 0. The lowest BCUT2D eigenvalue weighted by atomic mass is 9.82. The Labute approximate surface area is 129 Å². The lowest BCUT2D eigenvalue weighted by Gasteiger charge is -2.38. The maximum atomic E-state index is 12.7. The van der Waals surface area contributed by atoms with Gasteiger partial charge in [0.2, 0.25) is 0 Å². The van der Waals surface area contributed by atoms with Crippen molar-refractivity contribution in [1.82, 2.24) is 4.90 Å². The molecule has 2 heteroatoms. The highest BCUT2D eigenvalue weighted by atomic mass is 16.1. The molecule has 0 radical (unpaired) electrons. The minimum atomic E-state index is -0.313. The zero-order chi connectivity index (χ0) is 15.5. The van der Waals surface area contributed by atoms with Crippen LogP contribution in [-0.2, 0) is 0 Å². The van der Waals surface area contributed by atoms with E-state index < -0.39 is 0 Å². The van der Waals surface area contributed by atoms with Gasteiger partial charge in [0.25, 0.3) is 0 Å². The van der Waals surface area contributed by atoms with Crippen LogP contribution in [0.5, 0.6) is 0 Å². The third-order valence-electron chi connectivity index (χ3n) is 4.84. The van der Waals surface area contributed by atoms with Crippen LogP contribution in [0.4, 0.5) is 0 Å². The van der Waals surface area contributed by atoms with Crippen molar-refractivity contribution in [3.05, 3.63) is 35.9 Å². The van der Waals surface area contributed by atoms with Crippen LogP contribution in [0.1, 0.15) is 50.9 Å². The quantitative estimate of drug-likeness (QED) is 0.754. The van der Waals surface area contributed by atoms with E-state index in [9.17, 15) is 4.79 Å². The maximum absolute atomic E-state index is 12.7. The van der Waals surface area contributed by atoms with Crippen LogP contribution >= 0.6 is 0 Å².